The average molecular weight is 1480 g/mol. The molecule has 600 valence electrons. The zero-order chi connectivity index (χ0) is 74.1. The van der Waals surface area contributed by atoms with Gasteiger partial charge in [-0.2, -0.15) is 0 Å². The van der Waals surface area contributed by atoms with Crippen LogP contribution in [0.15, 0.2) is 0 Å². The highest BCUT2D eigenvalue weighted by molar-refractivity contribution is 7.47. The largest absolute Gasteiger partial charge is 0.472 e. The lowest BCUT2D eigenvalue weighted by Gasteiger charge is -2.21. The third-order valence-electron chi connectivity index (χ3n) is 19.6. The molecule has 0 bridgehead atoms. The van der Waals surface area contributed by atoms with E-state index in [4.69, 9.17) is 37.0 Å². The lowest BCUT2D eigenvalue weighted by Crippen LogP contribution is -2.30. The molecule has 101 heavy (non-hydrogen) atoms. The monoisotopic (exact) mass is 1480 g/mol. The summed E-state index contributed by atoms with van der Waals surface area (Å²) in [6.07, 6.45) is 66.8. The highest BCUT2D eigenvalue weighted by Crippen LogP contribution is 2.45. The van der Waals surface area contributed by atoms with Gasteiger partial charge in [0.2, 0.25) is 0 Å². The minimum atomic E-state index is -4.96. The molecule has 0 rings (SSSR count). The lowest BCUT2D eigenvalue weighted by molar-refractivity contribution is -0.161. The van der Waals surface area contributed by atoms with Crippen molar-refractivity contribution in [3.05, 3.63) is 0 Å². The maximum Gasteiger partial charge on any atom is 0.472 e. The summed E-state index contributed by atoms with van der Waals surface area (Å²) in [7, 11) is -9.91. The Morgan fingerprint density at radius 3 is 0.703 bits per heavy atom. The molecular formula is C82H160O17P2. The maximum atomic E-state index is 13.1. The van der Waals surface area contributed by atoms with Gasteiger partial charge in [0.15, 0.2) is 12.2 Å². The molecular weight excluding hydrogens is 1320 g/mol. The number of aliphatic hydroxyl groups is 1. The summed E-state index contributed by atoms with van der Waals surface area (Å²) in [4.78, 5) is 72.9. The van der Waals surface area contributed by atoms with E-state index in [1.807, 2.05) is 0 Å². The predicted molar refractivity (Wildman–Crippen MR) is 414 cm³/mol. The number of ether oxygens (including phenoxy) is 4. The van der Waals surface area contributed by atoms with Crippen LogP contribution in [-0.4, -0.2) is 96.7 Å². The van der Waals surface area contributed by atoms with Crippen LogP contribution in [0.1, 0.15) is 439 Å². The first-order valence-corrected chi connectivity index (χ1v) is 45.7. The first kappa shape index (κ1) is 99.1. The van der Waals surface area contributed by atoms with E-state index in [1.165, 1.54) is 250 Å². The van der Waals surface area contributed by atoms with Crippen LogP contribution in [0.3, 0.4) is 0 Å². The molecule has 0 amide bonds. The predicted octanol–water partition coefficient (Wildman–Crippen LogP) is 24.8. The van der Waals surface area contributed by atoms with Crippen molar-refractivity contribution in [3.8, 4) is 0 Å². The highest BCUT2D eigenvalue weighted by Gasteiger charge is 2.30. The quantitative estimate of drug-likeness (QED) is 0.0222. The molecule has 3 N–H and O–H groups in total. The minimum absolute atomic E-state index is 0.108. The SMILES string of the molecule is CCCCCCCCCCCCCCCCCCCCCCCC(=O)O[C@H](COC(=O)CCCCCCCCCCCCCCCCC(C)CC)COP(=O)(O)OC[C@@H](O)COP(=O)(O)OC[C@@H](COC(=O)CCCCCCCCC)OC(=O)CCCCCCCCCCCCCCCCC. The topological polar surface area (TPSA) is 237 Å². The van der Waals surface area contributed by atoms with Crippen LogP contribution in [0.4, 0.5) is 0 Å². The van der Waals surface area contributed by atoms with Crippen molar-refractivity contribution < 1.29 is 80.2 Å². The fraction of sp³-hybridized carbons (Fsp3) is 0.951. The smallest absolute Gasteiger partial charge is 0.462 e. The van der Waals surface area contributed by atoms with Gasteiger partial charge in [-0.1, -0.05) is 388 Å². The lowest BCUT2D eigenvalue weighted by atomic mass is 9.99. The molecule has 0 saturated heterocycles. The standard InChI is InChI=1S/C82H160O17P2/c1-6-10-13-16-19-21-23-25-27-28-29-30-31-32-34-40-44-48-53-58-63-68-82(87)99-78(72-93-80(85)66-61-56-51-46-42-38-36-35-37-41-45-50-54-59-64-75(5)9-4)74-97-101(90,91)95-70-76(83)69-94-100(88,89)96-73-77(71-92-79(84)65-60-55-49-18-15-12-8-3)98-81(86)67-62-57-52-47-43-39-33-26-24-22-20-17-14-11-7-2/h75-78,83H,6-74H2,1-5H3,(H,88,89)(H,90,91)/t75?,76-,77+,78+/m0/s1. The second-order valence-electron chi connectivity index (χ2n) is 29.8. The van der Waals surface area contributed by atoms with Crippen molar-refractivity contribution in [2.24, 2.45) is 5.92 Å². The van der Waals surface area contributed by atoms with Gasteiger partial charge >= 0.3 is 39.5 Å². The number of hydrogen-bond acceptors (Lipinski definition) is 15. The molecule has 0 aliphatic rings. The van der Waals surface area contributed by atoms with Gasteiger partial charge in [-0.25, -0.2) is 9.13 Å². The molecule has 0 aromatic carbocycles. The summed E-state index contributed by atoms with van der Waals surface area (Å²) in [5.74, 6) is -1.26. The summed E-state index contributed by atoms with van der Waals surface area (Å²) in [5.41, 5.74) is 0. The van der Waals surface area contributed by atoms with E-state index in [0.717, 1.165) is 109 Å². The van der Waals surface area contributed by atoms with Gasteiger partial charge in [0.05, 0.1) is 26.4 Å². The minimum Gasteiger partial charge on any atom is -0.462 e. The van der Waals surface area contributed by atoms with Crippen molar-refractivity contribution in [1.82, 2.24) is 0 Å². The Labute approximate surface area is 619 Å². The van der Waals surface area contributed by atoms with Crippen molar-refractivity contribution >= 4 is 39.5 Å². The number of phosphoric ester groups is 2. The molecule has 0 spiro atoms. The van der Waals surface area contributed by atoms with E-state index in [0.29, 0.717) is 25.7 Å². The Morgan fingerprint density at radius 1 is 0.277 bits per heavy atom. The summed E-state index contributed by atoms with van der Waals surface area (Å²) in [6.45, 7) is 7.35. The molecule has 0 aromatic rings. The molecule has 0 aromatic heterocycles. The number of carbonyl (C=O) groups is 4. The Morgan fingerprint density at radius 2 is 0.475 bits per heavy atom. The van der Waals surface area contributed by atoms with Gasteiger partial charge in [-0.15, -0.1) is 0 Å². The molecule has 0 aliphatic carbocycles. The number of unbranched alkanes of at least 4 members (excludes halogenated alkanes) is 53. The Kier molecular flexibility index (Phi) is 73.5. The number of hydrogen-bond donors (Lipinski definition) is 3. The Balaban J connectivity index is 5.17. The number of phosphoric acid groups is 2. The Bertz CT molecular complexity index is 1930. The molecule has 0 fully saturated rings. The van der Waals surface area contributed by atoms with Crippen LogP contribution in [-0.2, 0) is 65.4 Å². The second-order valence-corrected chi connectivity index (χ2v) is 32.7. The molecule has 3 unspecified atom stereocenters. The molecule has 17 nitrogen and oxygen atoms in total. The van der Waals surface area contributed by atoms with Gasteiger partial charge < -0.3 is 33.8 Å². The zero-order valence-corrected chi connectivity index (χ0v) is 67.8. The van der Waals surface area contributed by atoms with E-state index in [2.05, 4.69) is 34.6 Å². The summed E-state index contributed by atoms with van der Waals surface area (Å²) < 4.78 is 68.6. The van der Waals surface area contributed by atoms with Gasteiger partial charge in [-0.05, 0) is 31.6 Å². The van der Waals surface area contributed by atoms with Crippen molar-refractivity contribution in [2.45, 2.75) is 457 Å². The van der Waals surface area contributed by atoms with E-state index < -0.39 is 97.5 Å². The van der Waals surface area contributed by atoms with Gasteiger partial charge in [0, 0.05) is 25.7 Å². The van der Waals surface area contributed by atoms with Crippen LogP contribution in [0.5, 0.6) is 0 Å². The number of carbonyl (C=O) groups excluding carboxylic acids is 4. The van der Waals surface area contributed by atoms with Crippen LogP contribution in [0, 0.1) is 5.92 Å². The second kappa shape index (κ2) is 74.9. The van der Waals surface area contributed by atoms with Crippen LogP contribution in [0.25, 0.3) is 0 Å². The molecule has 0 saturated carbocycles. The van der Waals surface area contributed by atoms with Gasteiger partial charge in [-0.3, -0.25) is 37.3 Å². The Hall–Kier alpha value is -1.94. The summed E-state index contributed by atoms with van der Waals surface area (Å²) in [5, 5.41) is 10.6. The van der Waals surface area contributed by atoms with Crippen molar-refractivity contribution in [2.75, 3.05) is 39.6 Å². The average Bonchev–Trinajstić information content (AvgIpc) is 0.928. The summed E-state index contributed by atoms with van der Waals surface area (Å²) in [6, 6.07) is 0. The highest BCUT2D eigenvalue weighted by atomic mass is 31.2. The van der Waals surface area contributed by atoms with Gasteiger partial charge in [0.1, 0.15) is 19.3 Å². The van der Waals surface area contributed by atoms with Gasteiger partial charge in [0.25, 0.3) is 0 Å². The maximum absolute atomic E-state index is 13.1. The first-order valence-electron chi connectivity index (χ1n) is 42.7. The number of esters is 4. The molecule has 0 heterocycles. The first-order chi connectivity index (χ1) is 49.1. The molecule has 6 atom stereocenters. The van der Waals surface area contributed by atoms with E-state index >= 15 is 0 Å². The molecule has 0 aliphatic heterocycles. The fourth-order valence-corrected chi connectivity index (χ4v) is 14.3. The van der Waals surface area contributed by atoms with Crippen LogP contribution in [0.2, 0.25) is 0 Å². The van der Waals surface area contributed by atoms with Crippen LogP contribution < -0.4 is 0 Å². The van der Waals surface area contributed by atoms with Crippen molar-refractivity contribution in [3.63, 3.8) is 0 Å². The van der Waals surface area contributed by atoms with Crippen molar-refractivity contribution in [1.29, 1.82) is 0 Å². The molecule has 19 heteroatoms. The van der Waals surface area contributed by atoms with Crippen LogP contribution >= 0.6 is 15.6 Å². The van der Waals surface area contributed by atoms with E-state index in [1.54, 1.807) is 0 Å². The zero-order valence-electron chi connectivity index (χ0n) is 66.1. The van der Waals surface area contributed by atoms with E-state index in [-0.39, 0.29) is 25.7 Å². The third-order valence-corrected chi connectivity index (χ3v) is 21.5. The number of aliphatic hydroxyl groups excluding tert-OH is 1. The number of rotatable bonds is 82. The third kappa shape index (κ3) is 74.7. The fourth-order valence-electron chi connectivity index (χ4n) is 12.7. The summed E-state index contributed by atoms with van der Waals surface area (Å²) >= 11 is 0. The normalized spacial score (nSPS) is 14.1. The molecule has 0 radical (unpaired) electrons. The van der Waals surface area contributed by atoms with E-state index in [9.17, 15) is 43.2 Å².